The SMILES string of the molecule is COc1ccc(CN/N=C\c2cc(C)n(-c3cccc(C(=O)OC(C)C)c3)c2C)cc1OC. The number of hydrogen-bond donors (Lipinski definition) is 1. The van der Waals surface area contributed by atoms with Crippen molar-refractivity contribution in [1.82, 2.24) is 9.99 Å². The van der Waals surface area contributed by atoms with Crippen LogP contribution in [0.3, 0.4) is 0 Å². The van der Waals surface area contributed by atoms with Crippen LogP contribution < -0.4 is 14.9 Å². The fourth-order valence-corrected chi connectivity index (χ4v) is 3.61. The predicted molar refractivity (Wildman–Crippen MR) is 130 cm³/mol. The minimum atomic E-state index is -0.324. The van der Waals surface area contributed by atoms with Crippen molar-refractivity contribution < 1.29 is 19.0 Å². The second kappa shape index (κ2) is 10.7. The van der Waals surface area contributed by atoms with Crippen molar-refractivity contribution in [3.05, 3.63) is 76.6 Å². The van der Waals surface area contributed by atoms with Crippen LogP contribution in [0.4, 0.5) is 0 Å². The van der Waals surface area contributed by atoms with Crippen LogP contribution in [-0.4, -0.2) is 37.1 Å². The number of esters is 1. The first kappa shape index (κ1) is 23.9. The Morgan fingerprint density at radius 2 is 1.82 bits per heavy atom. The lowest BCUT2D eigenvalue weighted by atomic mass is 10.2. The molecule has 0 unspecified atom stereocenters. The van der Waals surface area contributed by atoms with E-state index in [1.54, 1.807) is 26.5 Å². The topological polar surface area (TPSA) is 74.1 Å². The molecule has 7 heteroatoms. The first-order valence-corrected chi connectivity index (χ1v) is 10.8. The summed E-state index contributed by atoms with van der Waals surface area (Å²) in [7, 11) is 3.23. The Morgan fingerprint density at radius 3 is 2.52 bits per heavy atom. The van der Waals surface area contributed by atoms with Gasteiger partial charge in [-0.25, -0.2) is 4.79 Å². The molecule has 0 fully saturated rings. The second-order valence-electron chi connectivity index (χ2n) is 7.95. The van der Waals surface area contributed by atoms with Crippen LogP contribution in [-0.2, 0) is 11.3 Å². The molecule has 1 heterocycles. The van der Waals surface area contributed by atoms with E-state index in [-0.39, 0.29) is 12.1 Å². The number of hydrazone groups is 1. The molecule has 1 aromatic heterocycles. The van der Waals surface area contributed by atoms with Crippen LogP contribution in [0.2, 0.25) is 0 Å². The second-order valence-corrected chi connectivity index (χ2v) is 7.95. The zero-order valence-electron chi connectivity index (χ0n) is 20.0. The Hall–Kier alpha value is -3.74. The maximum Gasteiger partial charge on any atom is 0.338 e. The monoisotopic (exact) mass is 449 g/mol. The molecule has 0 spiro atoms. The Morgan fingerprint density at radius 1 is 1.06 bits per heavy atom. The molecule has 7 nitrogen and oxygen atoms in total. The van der Waals surface area contributed by atoms with Gasteiger partial charge in [-0.1, -0.05) is 12.1 Å². The van der Waals surface area contributed by atoms with E-state index >= 15 is 0 Å². The molecule has 0 radical (unpaired) electrons. The third kappa shape index (κ3) is 5.74. The Kier molecular flexibility index (Phi) is 7.77. The van der Waals surface area contributed by atoms with Gasteiger partial charge in [-0.3, -0.25) is 0 Å². The Bertz CT molecular complexity index is 1150. The van der Waals surface area contributed by atoms with Crippen LogP contribution in [0.1, 0.15) is 46.7 Å². The molecule has 174 valence electrons. The van der Waals surface area contributed by atoms with Crippen molar-refractivity contribution >= 4 is 12.2 Å². The number of aromatic nitrogens is 1. The molecule has 0 atom stereocenters. The number of carbonyl (C=O) groups excluding carboxylic acids is 1. The van der Waals surface area contributed by atoms with Crippen molar-refractivity contribution in [2.75, 3.05) is 14.2 Å². The van der Waals surface area contributed by atoms with E-state index < -0.39 is 0 Å². The van der Waals surface area contributed by atoms with Gasteiger partial charge in [0.1, 0.15) is 0 Å². The fourth-order valence-electron chi connectivity index (χ4n) is 3.61. The fraction of sp³-hybridized carbons (Fsp3) is 0.308. The summed E-state index contributed by atoms with van der Waals surface area (Å²) >= 11 is 0. The highest BCUT2D eigenvalue weighted by Crippen LogP contribution is 2.27. The van der Waals surface area contributed by atoms with Gasteiger partial charge in [-0.05, 0) is 69.7 Å². The number of methoxy groups -OCH3 is 2. The smallest absolute Gasteiger partial charge is 0.338 e. The number of benzene rings is 2. The minimum absolute atomic E-state index is 0.162. The summed E-state index contributed by atoms with van der Waals surface area (Å²) in [4.78, 5) is 12.3. The molecule has 0 aliphatic carbocycles. The van der Waals surface area contributed by atoms with E-state index in [4.69, 9.17) is 14.2 Å². The highest BCUT2D eigenvalue weighted by molar-refractivity contribution is 5.90. The molecule has 2 aromatic carbocycles. The summed E-state index contributed by atoms with van der Waals surface area (Å²) in [6, 6.07) is 15.3. The lowest BCUT2D eigenvalue weighted by molar-refractivity contribution is 0.0378. The molecule has 0 bridgehead atoms. The normalized spacial score (nSPS) is 11.1. The van der Waals surface area contributed by atoms with Crippen molar-refractivity contribution in [3.8, 4) is 17.2 Å². The Balaban J connectivity index is 1.73. The average molecular weight is 450 g/mol. The molecule has 0 saturated heterocycles. The summed E-state index contributed by atoms with van der Waals surface area (Å²) < 4.78 is 18.0. The average Bonchev–Trinajstić information content (AvgIpc) is 3.08. The largest absolute Gasteiger partial charge is 0.493 e. The van der Waals surface area contributed by atoms with Crippen molar-refractivity contribution in [3.63, 3.8) is 0 Å². The molecule has 0 aliphatic rings. The van der Waals surface area contributed by atoms with E-state index in [1.165, 1.54) is 0 Å². The maximum absolute atomic E-state index is 12.3. The lowest BCUT2D eigenvalue weighted by Gasteiger charge is -2.12. The molecular formula is C26H31N3O4. The molecule has 0 saturated carbocycles. The number of nitrogens with zero attached hydrogens (tertiary/aromatic N) is 2. The minimum Gasteiger partial charge on any atom is -0.493 e. The van der Waals surface area contributed by atoms with Gasteiger partial charge in [0.05, 0.1) is 38.6 Å². The first-order valence-electron chi connectivity index (χ1n) is 10.8. The summed E-state index contributed by atoms with van der Waals surface area (Å²) in [6.45, 7) is 8.29. The van der Waals surface area contributed by atoms with Gasteiger partial charge in [-0.15, -0.1) is 0 Å². The van der Waals surface area contributed by atoms with E-state index in [2.05, 4.69) is 21.2 Å². The standard InChI is InChI=1S/C26H31N3O4/c1-17(2)33-26(30)21-8-7-9-23(14-21)29-18(3)12-22(19(29)4)16-28-27-15-20-10-11-24(31-5)25(13-20)32-6/h7-14,16-17,27H,15H2,1-6H3/b28-16-. The number of rotatable bonds is 9. The quantitative estimate of drug-likeness (QED) is 0.289. The van der Waals surface area contributed by atoms with Gasteiger partial charge in [0.15, 0.2) is 11.5 Å². The zero-order chi connectivity index (χ0) is 24.0. The highest BCUT2D eigenvalue weighted by atomic mass is 16.5. The third-order valence-electron chi connectivity index (χ3n) is 5.18. The van der Waals surface area contributed by atoms with E-state index in [0.29, 0.717) is 23.6 Å². The van der Waals surface area contributed by atoms with E-state index in [0.717, 1.165) is 28.2 Å². The van der Waals surface area contributed by atoms with E-state index in [9.17, 15) is 4.79 Å². The van der Waals surface area contributed by atoms with Crippen LogP contribution in [0.25, 0.3) is 5.69 Å². The maximum atomic E-state index is 12.3. The van der Waals surface area contributed by atoms with Crippen molar-refractivity contribution in [2.24, 2.45) is 5.10 Å². The lowest BCUT2D eigenvalue weighted by Crippen LogP contribution is -2.12. The number of carbonyl (C=O) groups is 1. The van der Waals surface area contributed by atoms with Crippen LogP contribution >= 0.6 is 0 Å². The third-order valence-corrected chi connectivity index (χ3v) is 5.18. The van der Waals surface area contributed by atoms with Crippen molar-refractivity contribution in [1.29, 1.82) is 0 Å². The predicted octanol–water partition coefficient (Wildman–Crippen LogP) is 4.80. The number of nitrogens with one attached hydrogen (secondary N) is 1. The molecule has 33 heavy (non-hydrogen) atoms. The van der Waals surface area contributed by atoms with Gasteiger partial charge in [0.2, 0.25) is 0 Å². The molecule has 3 rings (SSSR count). The van der Waals surface area contributed by atoms with Gasteiger partial charge in [0.25, 0.3) is 0 Å². The van der Waals surface area contributed by atoms with Crippen LogP contribution in [0.15, 0.2) is 53.6 Å². The number of hydrogen-bond acceptors (Lipinski definition) is 6. The van der Waals surface area contributed by atoms with Crippen LogP contribution in [0, 0.1) is 13.8 Å². The van der Waals surface area contributed by atoms with Gasteiger partial charge in [-0.2, -0.15) is 5.10 Å². The van der Waals surface area contributed by atoms with Gasteiger partial charge >= 0.3 is 5.97 Å². The van der Waals surface area contributed by atoms with E-state index in [1.807, 2.05) is 64.1 Å². The summed E-state index contributed by atoms with van der Waals surface area (Å²) in [5.74, 6) is 1.05. The summed E-state index contributed by atoms with van der Waals surface area (Å²) in [5, 5.41) is 4.39. The summed E-state index contributed by atoms with van der Waals surface area (Å²) in [5.41, 5.74) is 8.60. The molecule has 3 aromatic rings. The molecular weight excluding hydrogens is 418 g/mol. The molecule has 0 amide bonds. The first-order chi connectivity index (χ1) is 15.8. The Labute approximate surface area is 195 Å². The number of aryl methyl sites for hydroxylation is 1. The molecule has 0 aliphatic heterocycles. The summed E-state index contributed by atoms with van der Waals surface area (Å²) in [6.07, 6.45) is 1.64. The van der Waals surface area contributed by atoms with Crippen LogP contribution in [0.5, 0.6) is 11.5 Å². The highest BCUT2D eigenvalue weighted by Gasteiger charge is 2.13. The van der Waals surface area contributed by atoms with Crippen molar-refractivity contribution in [2.45, 2.75) is 40.3 Å². The number of ether oxygens (including phenoxy) is 3. The van der Waals surface area contributed by atoms with Gasteiger partial charge < -0.3 is 24.2 Å². The van der Waals surface area contributed by atoms with Gasteiger partial charge in [0, 0.05) is 22.6 Å². The zero-order valence-corrected chi connectivity index (χ0v) is 20.0. The molecule has 1 N–H and O–H groups in total.